The molecule has 1 aliphatic heterocycles. The normalized spacial score (nSPS) is 20.1. The quantitative estimate of drug-likeness (QED) is 0.422. The van der Waals surface area contributed by atoms with Crippen LogP contribution in [0.5, 0.6) is 0 Å². The molecule has 1 aliphatic carbocycles. The molecule has 5 heteroatoms. The van der Waals surface area contributed by atoms with Gasteiger partial charge in [0.1, 0.15) is 0 Å². The minimum absolute atomic E-state index is 0. The Morgan fingerprint density at radius 1 is 0.792 bits per heavy atom. The average molecular weight is 430 g/mol. The predicted molar refractivity (Wildman–Crippen MR) is 87.8 cm³/mol. The summed E-state index contributed by atoms with van der Waals surface area (Å²) in [5.74, 6) is 0. The van der Waals surface area contributed by atoms with Crippen molar-refractivity contribution in [2.45, 2.75) is 30.5 Å². The van der Waals surface area contributed by atoms with Gasteiger partial charge in [-0.25, -0.2) is 0 Å². The van der Waals surface area contributed by atoms with E-state index in [1.807, 2.05) is 0 Å². The minimum atomic E-state index is -1.46. The van der Waals surface area contributed by atoms with Crippen LogP contribution in [0.1, 0.15) is 29.5 Å². The van der Waals surface area contributed by atoms with Gasteiger partial charge < -0.3 is 37.2 Å². The molecule has 24 heavy (non-hydrogen) atoms. The van der Waals surface area contributed by atoms with Crippen molar-refractivity contribution in [2.75, 3.05) is 0 Å². The molecule has 1 saturated heterocycles. The standard InChI is InChI=1S/C19H19Si.3ClH.Ti/c1-2-9-17(10-3-1)20(14-6-7-15-20)19-13-12-16-8-4-5-11-18(16)19;;;;/h1-5,8-12,19H,6-7,14-15H2;3*1H;/q;;;;+3/p-3. The number of fused-ring (bicyclic) bond motifs is 1. The molecule has 0 amide bonds. The SMILES string of the molecule is [Cl-].[Cl-].[Cl-].[Ti+3][C]1=Cc2ccccc2C1[Si]1(c2ccccc2)CCCC1. The first-order valence-corrected chi connectivity index (χ1v) is 11.2. The number of benzene rings is 2. The van der Waals surface area contributed by atoms with E-state index in [4.69, 9.17) is 0 Å². The third-order valence-corrected chi connectivity index (χ3v) is 12.2. The Balaban J connectivity index is 0.000000960. The molecule has 0 N–H and O–H groups in total. The second-order valence-corrected chi connectivity index (χ2v) is 11.8. The number of allylic oxidation sites excluding steroid dienone is 1. The van der Waals surface area contributed by atoms with Gasteiger partial charge in [0.15, 0.2) is 0 Å². The molecule has 1 heterocycles. The zero-order valence-electron chi connectivity index (χ0n) is 13.3. The first-order chi connectivity index (χ1) is 10.3. The molecule has 4 rings (SSSR count). The summed E-state index contributed by atoms with van der Waals surface area (Å²) in [6, 6.07) is 23.4. The maximum absolute atomic E-state index is 2.44. The average Bonchev–Trinajstić information content (AvgIpc) is 3.12. The van der Waals surface area contributed by atoms with E-state index in [1.54, 1.807) is 14.6 Å². The molecule has 0 saturated carbocycles. The summed E-state index contributed by atoms with van der Waals surface area (Å²) in [5.41, 5.74) is 3.78. The summed E-state index contributed by atoms with van der Waals surface area (Å²) in [5, 5.41) is 1.68. The second kappa shape index (κ2) is 9.07. The van der Waals surface area contributed by atoms with E-state index in [0.29, 0.717) is 5.54 Å². The molecule has 0 radical (unpaired) electrons. The number of rotatable bonds is 2. The van der Waals surface area contributed by atoms with Gasteiger partial charge in [-0.3, -0.25) is 0 Å². The molecule has 0 bridgehead atoms. The molecular formula is C19H19Cl3SiTi. The molecule has 124 valence electrons. The Labute approximate surface area is 176 Å². The number of hydrogen-bond acceptors (Lipinski definition) is 0. The predicted octanol–water partition coefficient (Wildman–Crippen LogP) is -4.63. The van der Waals surface area contributed by atoms with E-state index in [-0.39, 0.29) is 37.2 Å². The Morgan fingerprint density at radius 2 is 1.38 bits per heavy atom. The molecule has 1 unspecified atom stereocenters. The van der Waals surface area contributed by atoms with E-state index >= 15 is 0 Å². The van der Waals surface area contributed by atoms with Gasteiger partial charge in [0, 0.05) is 0 Å². The van der Waals surface area contributed by atoms with Gasteiger partial charge in [0.05, 0.1) is 0 Å². The van der Waals surface area contributed by atoms with Crippen molar-refractivity contribution < 1.29 is 57.7 Å². The Bertz CT molecular complexity index is 697. The van der Waals surface area contributed by atoms with Crippen LogP contribution >= 0.6 is 0 Å². The van der Waals surface area contributed by atoms with E-state index in [2.05, 4.69) is 81.1 Å². The Morgan fingerprint density at radius 3 is 2.04 bits per heavy atom. The van der Waals surface area contributed by atoms with Crippen molar-refractivity contribution in [1.29, 1.82) is 0 Å². The van der Waals surface area contributed by atoms with Gasteiger partial charge in [-0.05, 0) is 0 Å². The third kappa shape index (κ3) is 3.58. The topological polar surface area (TPSA) is 0 Å². The molecule has 2 aromatic rings. The van der Waals surface area contributed by atoms with Crippen molar-refractivity contribution in [3.63, 3.8) is 0 Å². The van der Waals surface area contributed by atoms with E-state index in [9.17, 15) is 0 Å². The number of halogens is 3. The van der Waals surface area contributed by atoms with Crippen molar-refractivity contribution in [1.82, 2.24) is 0 Å². The second-order valence-electron chi connectivity index (χ2n) is 6.39. The molecule has 2 aliphatic rings. The van der Waals surface area contributed by atoms with Gasteiger partial charge in [-0.15, -0.1) is 0 Å². The van der Waals surface area contributed by atoms with Crippen LogP contribution in [0.4, 0.5) is 0 Å². The van der Waals surface area contributed by atoms with Gasteiger partial charge in [0.2, 0.25) is 0 Å². The Kier molecular flexibility index (Phi) is 8.33. The summed E-state index contributed by atoms with van der Waals surface area (Å²) < 4.78 is 1.61. The fourth-order valence-corrected chi connectivity index (χ4v) is 12.1. The summed E-state index contributed by atoms with van der Waals surface area (Å²) in [7, 11) is -1.46. The fourth-order valence-electron chi connectivity index (χ4n) is 4.44. The van der Waals surface area contributed by atoms with Crippen LogP contribution in [0.15, 0.2) is 58.5 Å². The summed E-state index contributed by atoms with van der Waals surface area (Å²) >= 11 is 2.36. The number of hydrogen-bond donors (Lipinski definition) is 0. The molecule has 2 aromatic carbocycles. The first-order valence-electron chi connectivity index (χ1n) is 7.89. The van der Waals surface area contributed by atoms with E-state index < -0.39 is 8.07 Å². The summed E-state index contributed by atoms with van der Waals surface area (Å²) in [6.45, 7) is 0. The fraction of sp³-hybridized carbons (Fsp3) is 0.263. The zero-order chi connectivity index (χ0) is 14.3. The molecule has 0 aromatic heterocycles. The Hall–Kier alpha value is -0.0188. The third-order valence-electron chi connectivity index (χ3n) is 5.33. The van der Waals surface area contributed by atoms with E-state index in [1.165, 1.54) is 30.5 Å². The van der Waals surface area contributed by atoms with Crippen LogP contribution in [-0.4, -0.2) is 8.07 Å². The van der Waals surface area contributed by atoms with Crippen molar-refractivity contribution in [3.05, 3.63) is 69.6 Å². The van der Waals surface area contributed by atoms with Gasteiger partial charge in [0.25, 0.3) is 0 Å². The molecular weight excluding hydrogens is 411 g/mol. The van der Waals surface area contributed by atoms with Crippen molar-refractivity contribution in [2.24, 2.45) is 0 Å². The summed E-state index contributed by atoms with van der Waals surface area (Å²) in [4.78, 5) is 0. The monoisotopic (exact) mass is 428 g/mol. The van der Waals surface area contributed by atoms with Gasteiger partial charge in [-0.2, -0.15) is 0 Å². The van der Waals surface area contributed by atoms with Crippen LogP contribution < -0.4 is 42.4 Å². The van der Waals surface area contributed by atoms with Gasteiger partial charge >= 0.3 is 140 Å². The summed E-state index contributed by atoms with van der Waals surface area (Å²) in [6.07, 6.45) is 5.29. The molecule has 0 nitrogen and oxygen atoms in total. The van der Waals surface area contributed by atoms with Crippen LogP contribution in [0, 0.1) is 0 Å². The van der Waals surface area contributed by atoms with Gasteiger partial charge in [-0.1, -0.05) is 0 Å². The van der Waals surface area contributed by atoms with Crippen molar-refractivity contribution in [3.8, 4) is 0 Å². The van der Waals surface area contributed by atoms with Crippen LogP contribution in [0.25, 0.3) is 6.08 Å². The zero-order valence-corrected chi connectivity index (χ0v) is 18.1. The van der Waals surface area contributed by atoms with Crippen LogP contribution in [0.3, 0.4) is 0 Å². The van der Waals surface area contributed by atoms with Crippen molar-refractivity contribution >= 4 is 19.3 Å². The molecule has 1 fully saturated rings. The molecule has 1 atom stereocenters. The van der Waals surface area contributed by atoms with E-state index in [0.717, 1.165) is 0 Å². The van der Waals surface area contributed by atoms with Crippen LogP contribution in [-0.2, 0) is 20.4 Å². The first kappa shape index (κ1) is 22.0. The van der Waals surface area contributed by atoms with Crippen LogP contribution in [0.2, 0.25) is 12.1 Å². The molecule has 0 spiro atoms. The maximum atomic E-state index is 2.44.